The van der Waals surface area contributed by atoms with E-state index < -0.39 is 29.7 Å². The third-order valence-corrected chi connectivity index (χ3v) is 3.61. The number of amides is 2. The van der Waals surface area contributed by atoms with Crippen LogP contribution in [-0.4, -0.2) is 64.9 Å². The van der Waals surface area contributed by atoms with Gasteiger partial charge < -0.3 is 25.2 Å². The topological polar surface area (TPSA) is 116 Å². The normalized spacial score (nSPS) is 17.7. The van der Waals surface area contributed by atoms with Gasteiger partial charge in [-0.1, -0.05) is 0 Å². The van der Waals surface area contributed by atoms with E-state index in [0.717, 1.165) is 0 Å². The second-order valence-corrected chi connectivity index (χ2v) is 6.48. The fourth-order valence-corrected chi connectivity index (χ4v) is 2.20. The van der Waals surface area contributed by atoms with Crippen LogP contribution in [0.15, 0.2) is 0 Å². The highest BCUT2D eigenvalue weighted by atomic mass is 16.6. The van der Waals surface area contributed by atoms with Gasteiger partial charge in [0.15, 0.2) is 0 Å². The molecule has 1 aliphatic rings. The molecule has 1 heterocycles. The Morgan fingerprint density at radius 1 is 1.23 bits per heavy atom. The summed E-state index contributed by atoms with van der Waals surface area (Å²) in [5.74, 6) is -1.35. The van der Waals surface area contributed by atoms with Crippen LogP contribution in [-0.2, 0) is 14.3 Å². The minimum atomic E-state index is -1.17. The largest absolute Gasteiger partial charge is 0.481 e. The van der Waals surface area contributed by atoms with E-state index in [2.05, 4.69) is 5.32 Å². The number of carboxylic acids is 1. The van der Waals surface area contributed by atoms with E-state index >= 15 is 0 Å². The van der Waals surface area contributed by atoms with E-state index in [-0.39, 0.29) is 38.4 Å². The zero-order valence-electron chi connectivity index (χ0n) is 13.2. The Morgan fingerprint density at radius 2 is 1.77 bits per heavy atom. The van der Waals surface area contributed by atoms with Crippen LogP contribution in [0.4, 0.5) is 4.79 Å². The SMILES string of the molecule is CC(C)(C)OC(=O)NCC(=O)N1CCC(CO)(C(=O)O)CC1. The zero-order valence-corrected chi connectivity index (χ0v) is 13.2. The maximum atomic E-state index is 12.0. The molecule has 0 atom stereocenters. The molecule has 0 aromatic rings. The number of ether oxygens (including phenoxy) is 1. The molecule has 22 heavy (non-hydrogen) atoms. The van der Waals surface area contributed by atoms with E-state index in [1.54, 1.807) is 20.8 Å². The van der Waals surface area contributed by atoms with Crippen molar-refractivity contribution in [1.29, 1.82) is 0 Å². The lowest BCUT2D eigenvalue weighted by atomic mass is 9.79. The fourth-order valence-electron chi connectivity index (χ4n) is 2.20. The number of alkyl carbamates (subject to hydrolysis) is 1. The summed E-state index contributed by atoms with van der Waals surface area (Å²) in [7, 11) is 0. The lowest BCUT2D eigenvalue weighted by Crippen LogP contribution is -2.50. The van der Waals surface area contributed by atoms with Gasteiger partial charge in [-0.05, 0) is 33.6 Å². The van der Waals surface area contributed by atoms with Crippen molar-refractivity contribution in [3.05, 3.63) is 0 Å². The first kappa shape index (κ1) is 18.2. The summed E-state index contributed by atoms with van der Waals surface area (Å²) in [4.78, 5) is 36.1. The van der Waals surface area contributed by atoms with Crippen LogP contribution in [0.2, 0.25) is 0 Å². The number of piperidine rings is 1. The molecule has 0 aromatic carbocycles. The molecule has 1 rings (SSSR count). The quantitative estimate of drug-likeness (QED) is 0.682. The molecular weight excluding hydrogens is 292 g/mol. The monoisotopic (exact) mass is 316 g/mol. The van der Waals surface area contributed by atoms with Crippen molar-refractivity contribution in [1.82, 2.24) is 10.2 Å². The fraction of sp³-hybridized carbons (Fsp3) is 0.786. The number of aliphatic hydroxyl groups is 1. The highest BCUT2D eigenvalue weighted by Crippen LogP contribution is 2.31. The van der Waals surface area contributed by atoms with Crippen molar-refractivity contribution in [2.75, 3.05) is 26.2 Å². The van der Waals surface area contributed by atoms with Gasteiger partial charge in [-0.15, -0.1) is 0 Å². The lowest BCUT2D eigenvalue weighted by Gasteiger charge is -2.37. The highest BCUT2D eigenvalue weighted by Gasteiger charge is 2.41. The summed E-state index contributed by atoms with van der Waals surface area (Å²) in [6.07, 6.45) is -0.290. The van der Waals surface area contributed by atoms with Crippen molar-refractivity contribution in [2.24, 2.45) is 5.41 Å². The van der Waals surface area contributed by atoms with Crippen molar-refractivity contribution in [2.45, 2.75) is 39.2 Å². The van der Waals surface area contributed by atoms with Gasteiger partial charge in [-0.25, -0.2) is 4.79 Å². The predicted molar refractivity (Wildman–Crippen MR) is 77.2 cm³/mol. The van der Waals surface area contributed by atoms with Crippen LogP contribution in [0.3, 0.4) is 0 Å². The minimum Gasteiger partial charge on any atom is -0.481 e. The summed E-state index contributed by atoms with van der Waals surface area (Å²) in [5.41, 5.74) is -1.81. The molecular formula is C14H24N2O6. The summed E-state index contributed by atoms with van der Waals surface area (Å²) in [5, 5.41) is 20.8. The molecule has 0 aromatic heterocycles. The van der Waals surface area contributed by atoms with E-state index in [9.17, 15) is 19.5 Å². The number of hydrogen-bond donors (Lipinski definition) is 3. The molecule has 0 bridgehead atoms. The van der Waals surface area contributed by atoms with E-state index in [1.807, 2.05) is 0 Å². The van der Waals surface area contributed by atoms with Gasteiger partial charge in [0.1, 0.15) is 12.1 Å². The molecule has 3 N–H and O–H groups in total. The van der Waals surface area contributed by atoms with Crippen LogP contribution in [0.25, 0.3) is 0 Å². The number of carbonyl (C=O) groups excluding carboxylic acids is 2. The van der Waals surface area contributed by atoms with Crippen LogP contribution >= 0.6 is 0 Å². The van der Waals surface area contributed by atoms with Gasteiger partial charge in [0.2, 0.25) is 5.91 Å². The second-order valence-electron chi connectivity index (χ2n) is 6.48. The number of hydrogen-bond acceptors (Lipinski definition) is 5. The number of rotatable bonds is 4. The number of nitrogens with zero attached hydrogens (tertiary/aromatic N) is 1. The number of likely N-dealkylation sites (tertiary alicyclic amines) is 1. The third kappa shape index (κ3) is 4.87. The summed E-state index contributed by atoms with van der Waals surface area (Å²) in [6, 6.07) is 0. The number of aliphatic hydroxyl groups excluding tert-OH is 1. The van der Waals surface area contributed by atoms with Crippen molar-refractivity contribution in [3.63, 3.8) is 0 Å². The van der Waals surface area contributed by atoms with Crippen LogP contribution in [0.5, 0.6) is 0 Å². The van der Waals surface area contributed by atoms with Crippen LogP contribution < -0.4 is 5.32 Å². The number of aliphatic carboxylic acids is 1. The Labute approximate surface area is 129 Å². The first-order valence-corrected chi connectivity index (χ1v) is 7.18. The average Bonchev–Trinajstić information content (AvgIpc) is 2.42. The van der Waals surface area contributed by atoms with E-state index in [4.69, 9.17) is 9.84 Å². The predicted octanol–water partition coefficient (Wildman–Crippen LogP) is 0.197. The molecule has 0 radical (unpaired) electrons. The molecule has 0 saturated carbocycles. The average molecular weight is 316 g/mol. The molecule has 2 amide bonds. The molecule has 126 valence electrons. The first-order chi connectivity index (χ1) is 10.1. The van der Waals surface area contributed by atoms with Gasteiger partial charge in [0.05, 0.1) is 12.0 Å². The zero-order chi connectivity index (χ0) is 17.0. The maximum Gasteiger partial charge on any atom is 0.408 e. The number of nitrogens with one attached hydrogen (secondary N) is 1. The van der Waals surface area contributed by atoms with Gasteiger partial charge in [0.25, 0.3) is 0 Å². The van der Waals surface area contributed by atoms with Gasteiger partial charge >= 0.3 is 12.1 Å². The second kappa shape index (κ2) is 6.95. The minimum absolute atomic E-state index is 0.191. The molecule has 0 aliphatic carbocycles. The Kier molecular flexibility index (Phi) is 5.76. The highest BCUT2D eigenvalue weighted by molar-refractivity contribution is 5.83. The molecule has 8 nitrogen and oxygen atoms in total. The molecule has 1 saturated heterocycles. The summed E-state index contributed by atoms with van der Waals surface area (Å²) in [6.45, 7) is 5.00. The van der Waals surface area contributed by atoms with Crippen LogP contribution in [0, 0.1) is 5.41 Å². The van der Waals surface area contributed by atoms with E-state index in [0.29, 0.717) is 0 Å². The number of carbonyl (C=O) groups is 3. The van der Waals surface area contributed by atoms with Gasteiger partial charge in [-0.3, -0.25) is 9.59 Å². The third-order valence-electron chi connectivity index (χ3n) is 3.61. The van der Waals surface area contributed by atoms with Gasteiger partial charge in [0, 0.05) is 13.1 Å². The summed E-state index contributed by atoms with van der Waals surface area (Å²) >= 11 is 0. The molecule has 0 unspecified atom stereocenters. The van der Waals surface area contributed by atoms with Crippen LogP contribution in [0.1, 0.15) is 33.6 Å². The Bertz CT molecular complexity index is 435. The lowest BCUT2D eigenvalue weighted by molar-refractivity contribution is -0.157. The Morgan fingerprint density at radius 3 is 2.18 bits per heavy atom. The van der Waals surface area contributed by atoms with Crippen molar-refractivity contribution in [3.8, 4) is 0 Å². The van der Waals surface area contributed by atoms with Crippen molar-refractivity contribution >= 4 is 18.0 Å². The smallest absolute Gasteiger partial charge is 0.408 e. The standard InChI is InChI=1S/C14H24N2O6/c1-13(2,3)22-12(21)15-8-10(18)16-6-4-14(9-17,5-7-16)11(19)20/h17H,4-9H2,1-3H3,(H,15,21)(H,19,20). The number of carboxylic acid groups (broad SMARTS) is 1. The molecule has 1 aliphatic heterocycles. The maximum absolute atomic E-state index is 12.0. The Hall–Kier alpha value is -1.83. The molecule has 8 heteroatoms. The van der Waals surface area contributed by atoms with Crippen molar-refractivity contribution < 1.29 is 29.3 Å². The Balaban J connectivity index is 2.43. The van der Waals surface area contributed by atoms with E-state index in [1.165, 1.54) is 4.90 Å². The molecule has 1 fully saturated rings. The first-order valence-electron chi connectivity index (χ1n) is 7.18. The van der Waals surface area contributed by atoms with Gasteiger partial charge in [-0.2, -0.15) is 0 Å². The summed E-state index contributed by atoms with van der Waals surface area (Å²) < 4.78 is 5.03. The molecule has 0 spiro atoms.